The van der Waals surface area contributed by atoms with E-state index in [1.54, 1.807) is 6.92 Å². The second kappa shape index (κ2) is 12.2. The fraction of sp³-hybridized carbons (Fsp3) is 1.00. The van der Waals surface area contributed by atoms with Crippen molar-refractivity contribution < 1.29 is 20.1 Å². The maximum absolute atomic E-state index is 9.89. The van der Waals surface area contributed by atoms with Gasteiger partial charge in [-0.1, -0.05) is 64.7 Å². The monoisotopic (exact) mass is 331 g/mol. The van der Waals surface area contributed by atoms with Gasteiger partial charge in [0.1, 0.15) is 24.5 Å². The summed E-state index contributed by atoms with van der Waals surface area (Å²) in [6, 6.07) is 0. The fourth-order valence-corrected chi connectivity index (χ4v) is 3.08. The first-order chi connectivity index (χ1) is 11.1. The van der Waals surface area contributed by atoms with Gasteiger partial charge in [-0.2, -0.15) is 0 Å². The van der Waals surface area contributed by atoms with Gasteiger partial charge in [0.15, 0.2) is 0 Å². The first-order valence-corrected chi connectivity index (χ1v) is 9.51. The van der Waals surface area contributed by atoms with E-state index in [1.807, 2.05) is 0 Å². The molecule has 1 heterocycles. The highest BCUT2D eigenvalue weighted by Crippen LogP contribution is 2.19. The van der Waals surface area contributed by atoms with Gasteiger partial charge in [-0.3, -0.25) is 5.32 Å². The predicted molar refractivity (Wildman–Crippen MR) is 92.2 cm³/mol. The Labute approximate surface area is 141 Å². The molecule has 0 aliphatic carbocycles. The molecule has 4 N–H and O–H groups in total. The molecular weight excluding hydrogens is 294 g/mol. The van der Waals surface area contributed by atoms with Gasteiger partial charge < -0.3 is 20.1 Å². The molecule has 0 aromatic rings. The molecule has 0 bridgehead atoms. The zero-order valence-corrected chi connectivity index (χ0v) is 14.9. The van der Waals surface area contributed by atoms with Crippen molar-refractivity contribution in [1.29, 1.82) is 0 Å². The number of unbranched alkanes of at least 4 members (excludes halogenated alkanes) is 9. The Kier molecular flexibility index (Phi) is 11.1. The normalized spacial score (nSPS) is 31.4. The van der Waals surface area contributed by atoms with Crippen LogP contribution in [0.25, 0.3) is 0 Å². The Morgan fingerprint density at radius 1 is 0.739 bits per heavy atom. The molecule has 0 saturated carbocycles. The SMILES string of the molecule is CCCCCCCCCCCCNC1O[C@@H](C)[C@H](O)[C@@H](O)[C@H]1O. The van der Waals surface area contributed by atoms with E-state index in [4.69, 9.17) is 4.74 Å². The zero-order valence-electron chi connectivity index (χ0n) is 14.9. The number of ether oxygens (including phenoxy) is 1. The average molecular weight is 331 g/mol. The van der Waals surface area contributed by atoms with Gasteiger partial charge in [0.2, 0.25) is 0 Å². The molecule has 1 aliphatic rings. The molecule has 1 unspecified atom stereocenters. The highest BCUT2D eigenvalue weighted by atomic mass is 16.5. The third kappa shape index (κ3) is 7.94. The summed E-state index contributed by atoms with van der Waals surface area (Å²) >= 11 is 0. The minimum absolute atomic E-state index is 0.474. The molecule has 0 aromatic carbocycles. The van der Waals surface area contributed by atoms with Crippen molar-refractivity contribution in [2.75, 3.05) is 6.54 Å². The summed E-state index contributed by atoms with van der Waals surface area (Å²) < 4.78 is 5.50. The first kappa shape index (κ1) is 20.8. The average Bonchev–Trinajstić information content (AvgIpc) is 2.55. The molecule has 5 atom stereocenters. The van der Waals surface area contributed by atoms with E-state index in [2.05, 4.69) is 12.2 Å². The number of aliphatic hydroxyl groups excluding tert-OH is 3. The molecule has 5 nitrogen and oxygen atoms in total. The molecule has 23 heavy (non-hydrogen) atoms. The summed E-state index contributed by atoms with van der Waals surface area (Å²) in [5.74, 6) is 0. The van der Waals surface area contributed by atoms with Gasteiger partial charge in [0.05, 0.1) is 6.10 Å². The summed E-state index contributed by atoms with van der Waals surface area (Å²) in [7, 11) is 0. The summed E-state index contributed by atoms with van der Waals surface area (Å²) in [6.45, 7) is 4.71. The largest absolute Gasteiger partial charge is 0.388 e. The van der Waals surface area contributed by atoms with Crippen molar-refractivity contribution in [2.45, 2.75) is 109 Å². The molecule has 1 fully saturated rings. The van der Waals surface area contributed by atoms with E-state index in [0.717, 1.165) is 13.0 Å². The van der Waals surface area contributed by atoms with Crippen LogP contribution in [-0.2, 0) is 4.74 Å². The lowest BCUT2D eigenvalue weighted by Gasteiger charge is -2.39. The molecular formula is C18H37NO4. The van der Waals surface area contributed by atoms with Crippen LogP contribution in [0.2, 0.25) is 0 Å². The van der Waals surface area contributed by atoms with Crippen LogP contribution in [0.4, 0.5) is 0 Å². The summed E-state index contributed by atoms with van der Waals surface area (Å²) in [5, 5.41) is 32.4. The van der Waals surface area contributed by atoms with E-state index in [-0.39, 0.29) is 0 Å². The van der Waals surface area contributed by atoms with Crippen LogP contribution in [0.15, 0.2) is 0 Å². The lowest BCUT2D eigenvalue weighted by molar-refractivity contribution is -0.224. The zero-order chi connectivity index (χ0) is 17.1. The topological polar surface area (TPSA) is 82.0 Å². The third-order valence-corrected chi connectivity index (χ3v) is 4.73. The Balaban J connectivity index is 1.96. The number of rotatable bonds is 12. The number of aliphatic hydroxyl groups is 3. The van der Waals surface area contributed by atoms with Crippen molar-refractivity contribution in [3.63, 3.8) is 0 Å². The highest BCUT2D eigenvalue weighted by Gasteiger charge is 2.41. The fourth-order valence-electron chi connectivity index (χ4n) is 3.08. The minimum Gasteiger partial charge on any atom is -0.388 e. The third-order valence-electron chi connectivity index (χ3n) is 4.73. The van der Waals surface area contributed by atoms with E-state index in [9.17, 15) is 15.3 Å². The van der Waals surface area contributed by atoms with E-state index in [1.165, 1.54) is 57.8 Å². The quantitative estimate of drug-likeness (QED) is 0.413. The second-order valence-corrected chi connectivity index (χ2v) is 6.87. The van der Waals surface area contributed by atoms with Crippen LogP contribution >= 0.6 is 0 Å². The van der Waals surface area contributed by atoms with Crippen molar-refractivity contribution in [3.8, 4) is 0 Å². The van der Waals surface area contributed by atoms with Gasteiger partial charge in [-0.15, -0.1) is 0 Å². The molecule has 5 heteroatoms. The Hall–Kier alpha value is -0.200. The van der Waals surface area contributed by atoms with Crippen LogP contribution in [0.1, 0.15) is 78.1 Å². The van der Waals surface area contributed by atoms with Gasteiger partial charge in [-0.05, 0) is 19.9 Å². The molecule has 138 valence electrons. The lowest BCUT2D eigenvalue weighted by atomic mass is 9.99. The summed E-state index contributed by atoms with van der Waals surface area (Å²) in [5.41, 5.74) is 0. The highest BCUT2D eigenvalue weighted by molar-refractivity contribution is 4.89. The summed E-state index contributed by atoms with van der Waals surface area (Å²) in [4.78, 5) is 0. The van der Waals surface area contributed by atoms with Gasteiger partial charge >= 0.3 is 0 Å². The molecule has 0 radical (unpaired) electrons. The van der Waals surface area contributed by atoms with Gasteiger partial charge in [-0.25, -0.2) is 0 Å². The Morgan fingerprint density at radius 2 is 1.26 bits per heavy atom. The molecule has 1 rings (SSSR count). The van der Waals surface area contributed by atoms with Crippen molar-refractivity contribution in [3.05, 3.63) is 0 Å². The maximum atomic E-state index is 9.89. The number of hydrogen-bond acceptors (Lipinski definition) is 5. The van der Waals surface area contributed by atoms with Crippen LogP contribution in [0.3, 0.4) is 0 Å². The van der Waals surface area contributed by atoms with E-state index >= 15 is 0 Å². The van der Waals surface area contributed by atoms with Crippen molar-refractivity contribution in [1.82, 2.24) is 5.32 Å². The van der Waals surface area contributed by atoms with E-state index < -0.39 is 30.6 Å². The molecule has 1 aliphatic heterocycles. The molecule has 0 spiro atoms. The lowest BCUT2D eigenvalue weighted by Crippen LogP contribution is -2.60. The number of hydrogen-bond donors (Lipinski definition) is 4. The van der Waals surface area contributed by atoms with Gasteiger partial charge in [0.25, 0.3) is 0 Å². The molecule has 0 amide bonds. The molecule has 1 saturated heterocycles. The van der Waals surface area contributed by atoms with Crippen LogP contribution < -0.4 is 5.32 Å². The Morgan fingerprint density at radius 3 is 1.83 bits per heavy atom. The summed E-state index contributed by atoms with van der Waals surface area (Å²) in [6.07, 6.45) is 8.56. The van der Waals surface area contributed by atoms with E-state index in [0.29, 0.717) is 0 Å². The standard InChI is InChI=1S/C18H37NO4/c1-3-4-5-6-7-8-9-10-11-12-13-19-18-17(22)16(21)15(20)14(2)23-18/h14-22H,3-13H2,1-2H3/t14-,15-,16+,17+,18?/m0/s1. The number of nitrogens with one attached hydrogen (secondary N) is 1. The predicted octanol–water partition coefficient (Wildman–Crippen LogP) is 2.32. The minimum atomic E-state index is -1.15. The second-order valence-electron chi connectivity index (χ2n) is 6.87. The smallest absolute Gasteiger partial charge is 0.137 e. The van der Waals surface area contributed by atoms with Crippen LogP contribution in [0, 0.1) is 0 Å². The van der Waals surface area contributed by atoms with Crippen LogP contribution in [0.5, 0.6) is 0 Å². The van der Waals surface area contributed by atoms with Crippen LogP contribution in [-0.4, -0.2) is 52.5 Å². The van der Waals surface area contributed by atoms with Gasteiger partial charge in [0, 0.05) is 0 Å². The van der Waals surface area contributed by atoms with Crippen molar-refractivity contribution >= 4 is 0 Å². The Bertz CT molecular complexity index is 290. The maximum Gasteiger partial charge on any atom is 0.137 e. The molecule has 0 aromatic heterocycles. The first-order valence-electron chi connectivity index (χ1n) is 9.51. The van der Waals surface area contributed by atoms with Crippen molar-refractivity contribution in [2.24, 2.45) is 0 Å².